The molecule has 128 valence electrons. The minimum Gasteiger partial charge on any atom is -0.334 e. The van der Waals surface area contributed by atoms with Crippen LogP contribution in [0, 0.1) is 5.92 Å². The number of hydrogen-bond donors (Lipinski definition) is 0. The zero-order valence-corrected chi connectivity index (χ0v) is 15.6. The van der Waals surface area contributed by atoms with Crippen LogP contribution in [0.25, 0.3) is 0 Å². The highest BCUT2D eigenvalue weighted by atomic mass is 16.2. The Morgan fingerprint density at radius 3 is 2.35 bits per heavy atom. The number of hydrogen-bond acceptors (Lipinski definition) is 3. The first-order valence-electron chi connectivity index (χ1n) is 8.76. The SMILES string of the molecule is CC.CC.CC1CN2C(=NC1C)CN(C)C(=O)c1ccccc12. The van der Waals surface area contributed by atoms with Crippen LogP contribution in [0.4, 0.5) is 5.69 Å². The first-order valence-corrected chi connectivity index (χ1v) is 8.76. The van der Waals surface area contributed by atoms with E-state index in [-0.39, 0.29) is 5.91 Å². The van der Waals surface area contributed by atoms with E-state index in [4.69, 9.17) is 4.99 Å². The van der Waals surface area contributed by atoms with Crippen molar-refractivity contribution in [1.29, 1.82) is 0 Å². The predicted molar refractivity (Wildman–Crippen MR) is 99.5 cm³/mol. The van der Waals surface area contributed by atoms with Gasteiger partial charge in [-0.3, -0.25) is 9.79 Å². The maximum absolute atomic E-state index is 12.4. The van der Waals surface area contributed by atoms with Gasteiger partial charge in [0, 0.05) is 13.6 Å². The number of carbonyl (C=O) groups excluding carboxylic acids is 1. The number of carbonyl (C=O) groups is 1. The fraction of sp³-hybridized carbons (Fsp3) is 0.579. The molecule has 4 nitrogen and oxygen atoms in total. The molecule has 0 N–H and O–H groups in total. The van der Waals surface area contributed by atoms with Crippen LogP contribution in [-0.2, 0) is 0 Å². The summed E-state index contributed by atoms with van der Waals surface area (Å²) in [7, 11) is 1.84. The van der Waals surface area contributed by atoms with Crippen molar-refractivity contribution < 1.29 is 4.79 Å². The van der Waals surface area contributed by atoms with Gasteiger partial charge in [0.05, 0.1) is 23.8 Å². The second kappa shape index (κ2) is 8.70. The van der Waals surface area contributed by atoms with Gasteiger partial charge >= 0.3 is 0 Å². The Kier molecular flexibility index (Phi) is 7.27. The fourth-order valence-corrected chi connectivity index (χ4v) is 2.72. The summed E-state index contributed by atoms with van der Waals surface area (Å²) in [5.74, 6) is 1.58. The molecule has 23 heavy (non-hydrogen) atoms. The van der Waals surface area contributed by atoms with Crippen molar-refractivity contribution in [2.45, 2.75) is 47.6 Å². The van der Waals surface area contributed by atoms with Crippen LogP contribution in [0.3, 0.4) is 0 Å². The molecule has 2 heterocycles. The lowest BCUT2D eigenvalue weighted by Crippen LogP contribution is -2.46. The predicted octanol–water partition coefficient (Wildman–Crippen LogP) is 4.07. The number of amides is 1. The van der Waals surface area contributed by atoms with Crippen molar-refractivity contribution in [2.24, 2.45) is 10.9 Å². The van der Waals surface area contributed by atoms with Gasteiger partial charge < -0.3 is 9.80 Å². The van der Waals surface area contributed by atoms with Gasteiger partial charge in [-0.15, -0.1) is 0 Å². The number of rotatable bonds is 0. The Bertz CT molecular complexity index is 553. The molecule has 1 amide bonds. The maximum atomic E-state index is 12.4. The van der Waals surface area contributed by atoms with Gasteiger partial charge in [0.25, 0.3) is 5.91 Å². The minimum atomic E-state index is 0.0769. The monoisotopic (exact) mass is 317 g/mol. The fourth-order valence-electron chi connectivity index (χ4n) is 2.72. The summed E-state index contributed by atoms with van der Waals surface area (Å²) in [4.78, 5) is 21.1. The van der Waals surface area contributed by atoms with Crippen molar-refractivity contribution in [3.05, 3.63) is 29.8 Å². The third-order valence-corrected chi connectivity index (χ3v) is 4.11. The lowest BCUT2D eigenvalue weighted by Gasteiger charge is -2.35. The second-order valence-corrected chi connectivity index (χ2v) is 5.55. The molecule has 2 aliphatic heterocycles. The molecular formula is C19H31N3O. The molecule has 0 saturated carbocycles. The molecule has 0 aliphatic carbocycles. The highest BCUT2D eigenvalue weighted by Crippen LogP contribution is 2.29. The third kappa shape index (κ3) is 3.92. The van der Waals surface area contributed by atoms with E-state index in [1.807, 2.05) is 59.0 Å². The van der Waals surface area contributed by atoms with Gasteiger partial charge in [-0.1, -0.05) is 46.8 Å². The standard InChI is InChI=1S/C15H19N3O.2C2H6/c1-10-8-18-13-7-5-4-6-12(13)15(19)17(3)9-14(18)16-11(10)2;2*1-2/h4-7,10-11H,8-9H2,1-3H3;2*1-2H3. The van der Waals surface area contributed by atoms with E-state index in [1.54, 1.807) is 4.90 Å². The van der Waals surface area contributed by atoms with E-state index in [1.165, 1.54) is 0 Å². The average Bonchev–Trinajstić information content (AvgIpc) is 2.69. The zero-order valence-electron chi connectivity index (χ0n) is 15.6. The van der Waals surface area contributed by atoms with Crippen LogP contribution in [-0.4, -0.2) is 42.8 Å². The summed E-state index contributed by atoms with van der Waals surface area (Å²) < 4.78 is 0. The van der Waals surface area contributed by atoms with Crippen molar-refractivity contribution in [1.82, 2.24) is 4.90 Å². The lowest BCUT2D eigenvalue weighted by atomic mass is 10.0. The van der Waals surface area contributed by atoms with Crippen molar-refractivity contribution >= 4 is 17.4 Å². The highest BCUT2D eigenvalue weighted by Gasteiger charge is 2.32. The zero-order chi connectivity index (χ0) is 17.6. The third-order valence-electron chi connectivity index (χ3n) is 4.11. The molecule has 0 radical (unpaired) electrons. The summed E-state index contributed by atoms with van der Waals surface area (Å²) in [6.45, 7) is 13.9. The maximum Gasteiger partial charge on any atom is 0.256 e. The van der Waals surface area contributed by atoms with Crippen LogP contribution in [0.15, 0.2) is 29.3 Å². The average molecular weight is 317 g/mol. The van der Waals surface area contributed by atoms with E-state index in [0.29, 0.717) is 18.5 Å². The van der Waals surface area contributed by atoms with Crippen LogP contribution >= 0.6 is 0 Å². The van der Waals surface area contributed by atoms with Crippen LogP contribution < -0.4 is 4.90 Å². The molecule has 0 saturated heterocycles. The summed E-state index contributed by atoms with van der Waals surface area (Å²) in [6.07, 6.45) is 0. The molecule has 1 aromatic rings. The van der Waals surface area contributed by atoms with Crippen LogP contribution in [0.5, 0.6) is 0 Å². The van der Waals surface area contributed by atoms with Crippen molar-refractivity contribution in [2.75, 3.05) is 25.0 Å². The van der Waals surface area contributed by atoms with Gasteiger partial charge in [-0.2, -0.15) is 0 Å². The number of anilines is 1. The molecule has 3 rings (SSSR count). The number of benzene rings is 1. The second-order valence-electron chi connectivity index (χ2n) is 5.55. The summed E-state index contributed by atoms with van der Waals surface area (Å²) in [5, 5.41) is 0. The molecule has 2 atom stereocenters. The molecule has 1 aromatic carbocycles. The van der Waals surface area contributed by atoms with Gasteiger partial charge in [-0.05, 0) is 25.0 Å². The van der Waals surface area contributed by atoms with Gasteiger partial charge in [0.15, 0.2) is 0 Å². The molecule has 2 aliphatic rings. The van der Waals surface area contributed by atoms with Gasteiger partial charge in [-0.25, -0.2) is 0 Å². The first kappa shape index (κ1) is 19.2. The quantitative estimate of drug-likeness (QED) is 0.723. The Morgan fingerprint density at radius 1 is 1.09 bits per heavy atom. The number of aliphatic imine (C=N–C) groups is 1. The number of fused-ring (bicyclic) bond motifs is 3. The topological polar surface area (TPSA) is 35.9 Å². The van der Waals surface area contributed by atoms with Crippen LogP contribution in [0.1, 0.15) is 51.9 Å². The molecule has 0 fully saturated rings. The minimum absolute atomic E-state index is 0.0769. The van der Waals surface area contributed by atoms with Gasteiger partial charge in [0.2, 0.25) is 0 Å². The first-order chi connectivity index (χ1) is 11.1. The van der Waals surface area contributed by atoms with E-state index in [0.717, 1.165) is 23.6 Å². The van der Waals surface area contributed by atoms with Gasteiger partial charge in [0.1, 0.15) is 5.84 Å². The Balaban J connectivity index is 0.000000615. The largest absolute Gasteiger partial charge is 0.334 e. The van der Waals surface area contributed by atoms with E-state index >= 15 is 0 Å². The molecule has 4 heteroatoms. The highest BCUT2D eigenvalue weighted by molar-refractivity contribution is 6.11. The number of nitrogens with zero attached hydrogens (tertiary/aromatic N) is 3. The summed E-state index contributed by atoms with van der Waals surface area (Å²) in [6, 6.07) is 8.14. The normalized spacial score (nSPS) is 22.4. The van der Waals surface area contributed by atoms with Crippen LogP contribution in [0.2, 0.25) is 0 Å². The summed E-state index contributed by atoms with van der Waals surface area (Å²) in [5.41, 5.74) is 1.77. The molecule has 0 spiro atoms. The molecule has 0 aromatic heterocycles. The Hall–Kier alpha value is -1.84. The summed E-state index contributed by atoms with van der Waals surface area (Å²) >= 11 is 0. The number of likely N-dealkylation sites (N-methyl/N-ethyl adjacent to an activating group) is 1. The van der Waals surface area contributed by atoms with E-state index in [2.05, 4.69) is 18.7 Å². The number of amidine groups is 1. The van der Waals surface area contributed by atoms with E-state index in [9.17, 15) is 4.79 Å². The molecule has 0 bridgehead atoms. The molecule has 2 unspecified atom stereocenters. The van der Waals surface area contributed by atoms with Crippen molar-refractivity contribution in [3.8, 4) is 0 Å². The van der Waals surface area contributed by atoms with E-state index < -0.39 is 0 Å². The molecular weight excluding hydrogens is 286 g/mol. The lowest BCUT2D eigenvalue weighted by molar-refractivity contribution is 0.0817. The Labute approximate surface area is 141 Å². The number of para-hydroxylation sites is 1. The van der Waals surface area contributed by atoms with Crippen molar-refractivity contribution in [3.63, 3.8) is 0 Å². The smallest absolute Gasteiger partial charge is 0.256 e. The Morgan fingerprint density at radius 2 is 1.70 bits per heavy atom.